The van der Waals surface area contributed by atoms with Crippen LogP contribution in [0.2, 0.25) is 0 Å². The van der Waals surface area contributed by atoms with Crippen molar-refractivity contribution >= 4 is 40.5 Å². The van der Waals surface area contributed by atoms with Crippen molar-refractivity contribution in [1.82, 2.24) is 4.90 Å². The minimum atomic E-state index is 0.611. The number of thiocarbonyl (C=S) groups is 1. The van der Waals surface area contributed by atoms with Crippen LogP contribution in [0.5, 0.6) is 0 Å². The van der Waals surface area contributed by atoms with Crippen LogP contribution in [-0.4, -0.2) is 15.8 Å². The average molecular weight is 245 g/mol. The smallest absolute Gasteiger partial charge is 0.133 e. The number of hydrogen-bond acceptors (Lipinski definition) is 2. The van der Waals surface area contributed by atoms with Crippen molar-refractivity contribution in [3.63, 3.8) is 0 Å². The second-order valence-corrected chi connectivity index (χ2v) is 5.78. The van der Waals surface area contributed by atoms with Gasteiger partial charge in [-0.3, -0.25) is 0 Å². The molecule has 0 aliphatic carbocycles. The second kappa shape index (κ2) is 5.73. The maximum Gasteiger partial charge on any atom is 0.133 e. The van der Waals surface area contributed by atoms with Gasteiger partial charge in [0.1, 0.15) is 4.32 Å². The van der Waals surface area contributed by atoms with Crippen molar-refractivity contribution < 1.29 is 0 Å². The Hall–Kier alpha value is -0.0600. The van der Waals surface area contributed by atoms with Crippen LogP contribution in [0.1, 0.15) is 18.7 Å². The van der Waals surface area contributed by atoms with Gasteiger partial charge in [-0.2, -0.15) is 0 Å². The monoisotopic (exact) mass is 245 g/mol. The van der Waals surface area contributed by atoms with Crippen molar-refractivity contribution in [2.24, 2.45) is 5.92 Å². The van der Waals surface area contributed by atoms with Gasteiger partial charge in [-0.25, -0.2) is 0 Å². The zero-order chi connectivity index (χ0) is 10.6. The molecule has 1 rings (SSSR count). The van der Waals surface area contributed by atoms with E-state index >= 15 is 0 Å². The third-order valence-electron chi connectivity index (χ3n) is 1.78. The summed E-state index contributed by atoms with van der Waals surface area (Å²) in [5, 5.41) is 2.09. The Balaban J connectivity index is 2.56. The lowest BCUT2D eigenvalue weighted by Gasteiger charge is -2.23. The summed E-state index contributed by atoms with van der Waals surface area (Å²) < 4.78 is 0.687. The van der Waals surface area contributed by atoms with Gasteiger partial charge in [0.2, 0.25) is 0 Å². The van der Waals surface area contributed by atoms with E-state index in [4.69, 9.17) is 12.2 Å². The summed E-state index contributed by atoms with van der Waals surface area (Å²) in [5.74, 6) is 0.611. The molecular formula is C10H15NS3. The molecule has 1 heterocycles. The van der Waals surface area contributed by atoms with E-state index in [-0.39, 0.29) is 0 Å². The van der Waals surface area contributed by atoms with E-state index in [1.54, 1.807) is 11.3 Å². The lowest BCUT2D eigenvalue weighted by molar-refractivity contribution is 0.373. The van der Waals surface area contributed by atoms with E-state index in [0.717, 1.165) is 13.1 Å². The molecule has 0 bridgehead atoms. The van der Waals surface area contributed by atoms with E-state index in [0.29, 0.717) is 10.2 Å². The highest BCUT2D eigenvalue weighted by molar-refractivity contribution is 8.10. The molecule has 0 aliphatic heterocycles. The molecule has 0 saturated heterocycles. The van der Waals surface area contributed by atoms with Crippen molar-refractivity contribution in [3.05, 3.63) is 22.4 Å². The second-order valence-electron chi connectivity index (χ2n) is 3.64. The lowest BCUT2D eigenvalue weighted by atomic mass is 10.2. The molecule has 0 atom stereocenters. The molecule has 1 nitrogen and oxygen atoms in total. The summed E-state index contributed by atoms with van der Waals surface area (Å²) in [4.78, 5) is 3.47. The van der Waals surface area contributed by atoms with Gasteiger partial charge in [0.05, 0.1) is 6.54 Å². The van der Waals surface area contributed by atoms with Crippen LogP contribution in [0.3, 0.4) is 0 Å². The molecule has 0 radical (unpaired) electrons. The Morgan fingerprint density at radius 2 is 2.36 bits per heavy atom. The fourth-order valence-corrected chi connectivity index (χ4v) is 2.25. The van der Waals surface area contributed by atoms with Crippen molar-refractivity contribution in [2.45, 2.75) is 20.4 Å². The maximum atomic E-state index is 5.10. The Kier molecular flexibility index (Phi) is 4.92. The van der Waals surface area contributed by atoms with Gasteiger partial charge in [0.25, 0.3) is 0 Å². The predicted molar refractivity (Wildman–Crippen MR) is 71.2 cm³/mol. The van der Waals surface area contributed by atoms with Crippen LogP contribution in [0, 0.1) is 5.92 Å². The lowest BCUT2D eigenvalue weighted by Crippen LogP contribution is -2.29. The first-order valence-electron chi connectivity index (χ1n) is 4.60. The van der Waals surface area contributed by atoms with Gasteiger partial charge in [-0.05, 0) is 17.4 Å². The average Bonchev–Trinajstić information content (AvgIpc) is 2.54. The number of hydrogen-bond donors (Lipinski definition) is 1. The molecule has 0 fully saturated rings. The highest BCUT2D eigenvalue weighted by atomic mass is 32.1. The number of nitrogens with zero attached hydrogens (tertiary/aromatic N) is 1. The summed E-state index contributed by atoms with van der Waals surface area (Å²) in [5.41, 5.74) is 0. The van der Waals surface area contributed by atoms with Gasteiger partial charge in [0, 0.05) is 11.4 Å². The van der Waals surface area contributed by atoms with Crippen LogP contribution < -0.4 is 0 Å². The quantitative estimate of drug-likeness (QED) is 0.639. The fraction of sp³-hybridized carbons (Fsp3) is 0.500. The third kappa shape index (κ3) is 3.98. The van der Waals surface area contributed by atoms with Gasteiger partial charge in [-0.15, -0.1) is 24.0 Å². The Bertz CT molecular complexity index is 280. The molecule has 0 aromatic carbocycles. The Labute approximate surface area is 101 Å². The third-order valence-corrected chi connectivity index (χ3v) is 3.19. The first-order valence-corrected chi connectivity index (χ1v) is 6.33. The Morgan fingerprint density at radius 1 is 1.64 bits per heavy atom. The van der Waals surface area contributed by atoms with Crippen LogP contribution in [0.4, 0.5) is 0 Å². The van der Waals surface area contributed by atoms with E-state index < -0.39 is 0 Å². The van der Waals surface area contributed by atoms with Gasteiger partial charge >= 0.3 is 0 Å². The van der Waals surface area contributed by atoms with Crippen LogP contribution in [-0.2, 0) is 6.54 Å². The molecular weight excluding hydrogens is 230 g/mol. The number of rotatable bonds is 4. The largest absolute Gasteiger partial charge is 0.352 e. The highest BCUT2D eigenvalue weighted by Crippen LogP contribution is 2.14. The predicted octanol–water partition coefficient (Wildman–Crippen LogP) is 3.42. The first-order chi connectivity index (χ1) is 6.59. The van der Waals surface area contributed by atoms with E-state index in [9.17, 15) is 0 Å². The van der Waals surface area contributed by atoms with Gasteiger partial charge < -0.3 is 4.90 Å². The highest BCUT2D eigenvalue weighted by Gasteiger charge is 2.09. The zero-order valence-electron chi connectivity index (χ0n) is 8.43. The topological polar surface area (TPSA) is 3.24 Å². The summed E-state index contributed by atoms with van der Waals surface area (Å²) in [6, 6.07) is 4.19. The summed E-state index contributed by atoms with van der Waals surface area (Å²) in [7, 11) is 0. The van der Waals surface area contributed by atoms with Gasteiger partial charge in [-0.1, -0.05) is 32.1 Å². The zero-order valence-corrected chi connectivity index (χ0v) is 11.0. The first kappa shape index (κ1) is 12.0. The van der Waals surface area contributed by atoms with Crippen LogP contribution in [0.15, 0.2) is 17.5 Å². The van der Waals surface area contributed by atoms with Gasteiger partial charge in [0.15, 0.2) is 0 Å². The minimum Gasteiger partial charge on any atom is -0.352 e. The summed E-state index contributed by atoms with van der Waals surface area (Å²) in [6.45, 7) is 6.24. The molecule has 1 aromatic heterocycles. The SMILES string of the molecule is CC(C)CN(Cc1cccs1)C(=S)S. The molecule has 0 spiro atoms. The molecule has 0 saturated carbocycles. The van der Waals surface area contributed by atoms with Crippen LogP contribution in [0.25, 0.3) is 0 Å². The fourth-order valence-electron chi connectivity index (χ4n) is 1.24. The van der Waals surface area contributed by atoms with E-state index in [2.05, 4.69) is 48.9 Å². The van der Waals surface area contributed by atoms with E-state index in [1.807, 2.05) is 0 Å². The molecule has 0 aliphatic rings. The summed E-state index contributed by atoms with van der Waals surface area (Å²) in [6.07, 6.45) is 0. The Morgan fingerprint density at radius 3 is 2.79 bits per heavy atom. The number of thiol groups is 1. The number of thiophene rings is 1. The molecule has 1 aromatic rings. The molecule has 0 N–H and O–H groups in total. The minimum absolute atomic E-state index is 0.611. The van der Waals surface area contributed by atoms with E-state index in [1.165, 1.54) is 4.88 Å². The molecule has 0 unspecified atom stereocenters. The van der Waals surface area contributed by atoms with Crippen molar-refractivity contribution in [2.75, 3.05) is 6.54 Å². The molecule has 14 heavy (non-hydrogen) atoms. The standard InChI is InChI=1S/C10H15NS3/c1-8(2)6-11(10(12)13)7-9-4-3-5-14-9/h3-5,8H,6-7H2,1-2H3,(H,12,13). The molecule has 78 valence electrons. The van der Waals surface area contributed by atoms with Crippen molar-refractivity contribution in [1.29, 1.82) is 0 Å². The normalized spacial score (nSPS) is 10.6. The molecule has 4 heteroatoms. The van der Waals surface area contributed by atoms with Crippen LogP contribution >= 0.6 is 36.2 Å². The maximum absolute atomic E-state index is 5.10. The summed E-state index contributed by atoms with van der Waals surface area (Å²) >= 11 is 11.1. The van der Waals surface area contributed by atoms with Crippen molar-refractivity contribution in [3.8, 4) is 0 Å². The molecule has 0 amide bonds.